The molecule has 0 fully saturated rings. The minimum absolute atomic E-state index is 0.280. The summed E-state index contributed by atoms with van der Waals surface area (Å²) in [6.45, 7) is 3.87. The van der Waals surface area contributed by atoms with Gasteiger partial charge < -0.3 is 9.47 Å². The summed E-state index contributed by atoms with van der Waals surface area (Å²) in [5, 5.41) is 2.44. The zero-order valence-corrected chi connectivity index (χ0v) is 11.9. The third-order valence-corrected chi connectivity index (χ3v) is 3.18. The largest absolute Gasteiger partial charge is 0.462 e. The van der Waals surface area contributed by atoms with Crippen molar-refractivity contribution < 1.29 is 19.1 Å². The molecule has 0 N–H and O–H groups in total. The topological polar surface area (TPSA) is 65.5 Å². The lowest BCUT2D eigenvalue weighted by Gasteiger charge is -2.04. The smallest absolute Gasteiger partial charge is 0.363 e. The Bertz CT molecular complexity index is 618. The fraction of sp³-hybridized carbons (Fsp3) is 0.214. The molecule has 0 spiro atoms. The van der Waals surface area contributed by atoms with Gasteiger partial charge in [-0.25, -0.2) is 14.6 Å². The van der Waals surface area contributed by atoms with Gasteiger partial charge in [0.25, 0.3) is 0 Å². The zero-order chi connectivity index (χ0) is 14.5. The number of benzene rings is 1. The van der Waals surface area contributed by atoms with Crippen molar-refractivity contribution in [3.63, 3.8) is 0 Å². The van der Waals surface area contributed by atoms with E-state index < -0.39 is 11.9 Å². The predicted molar refractivity (Wildman–Crippen MR) is 74.2 cm³/mol. The van der Waals surface area contributed by atoms with Crippen LogP contribution in [0.4, 0.5) is 0 Å². The molecule has 0 amide bonds. The molecule has 0 aliphatic heterocycles. The van der Waals surface area contributed by atoms with Gasteiger partial charge >= 0.3 is 11.9 Å². The van der Waals surface area contributed by atoms with Gasteiger partial charge in [0.2, 0.25) is 0 Å². The van der Waals surface area contributed by atoms with Crippen LogP contribution < -0.4 is 4.74 Å². The maximum absolute atomic E-state index is 11.8. The lowest BCUT2D eigenvalue weighted by molar-refractivity contribution is 0.0526. The van der Waals surface area contributed by atoms with Crippen molar-refractivity contribution in [3.8, 4) is 5.75 Å². The van der Waals surface area contributed by atoms with Crippen LogP contribution in [0, 0.1) is 6.92 Å². The van der Waals surface area contributed by atoms with Gasteiger partial charge in [-0.1, -0.05) is 0 Å². The second-order valence-corrected chi connectivity index (χ2v) is 4.95. The molecule has 104 valence electrons. The average Bonchev–Trinajstić information content (AvgIpc) is 2.86. The number of nitrogens with zero attached hydrogens (tertiary/aromatic N) is 1. The first-order valence-corrected chi connectivity index (χ1v) is 6.89. The molecule has 0 aliphatic carbocycles. The van der Waals surface area contributed by atoms with Crippen LogP contribution in [-0.4, -0.2) is 23.5 Å². The SMILES string of the molecule is CCOC(=O)c1ccc(OC(=O)c2csc(C)n2)cc1. The normalized spacial score (nSPS) is 10.1. The first kappa shape index (κ1) is 14.2. The van der Waals surface area contributed by atoms with E-state index in [1.165, 1.54) is 11.3 Å². The Morgan fingerprint density at radius 2 is 1.90 bits per heavy atom. The van der Waals surface area contributed by atoms with Gasteiger partial charge in [0.1, 0.15) is 5.75 Å². The van der Waals surface area contributed by atoms with E-state index in [0.717, 1.165) is 5.01 Å². The van der Waals surface area contributed by atoms with Gasteiger partial charge in [-0.05, 0) is 38.1 Å². The molecule has 0 aliphatic rings. The second kappa shape index (κ2) is 6.29. The standard InChI is InChI=1S/C14H13NO4S/c1-3-18-13(16)10-4-6-11(7-5-10)19-14(17)12-8-20-9(2)15-12/h4-8H,3H2,1-2H3. The molecule has 1 aromatic carbocycles. The molecule has 0 saturated heterocycles. The highest BCUT2D eigenvalue weighted by Crippen LogP contribution is 2.16. The van der Waals surface area contributed by atoms with E-state index in [1.807, 2.05) is 6.92 Å². The van der Waals surface area contributed by atoms with Crippen LogP contribution in [0.5, 0.6) is 5.75 Å². The van der Waals surface area contributed by atoms with E-state index in [4.69, 9.17) is 9.47 Å². The van der Waals surface area contributed by atoms with Gasteiger partial charge in [-0.3, -0.25) is 0 Å². The van der Waals surface area contributed by atoms with E-state index in [1.54, 1.807) is 36.6 Å². The molecular weight excluding hydrogens is 278 g/mol. The molecular formula is C14H13NO4S. The highest BCUT2D eigenvalue weighted by atomic mass is 32.1. The lowest BCUT2D eigenvalue weighted by atomic mass is 10.2. The van der Waals surface area contributed by atoms with Crippen molar-refractivity contribution in [3.05, 3.63) is 45.9 Å². The van der Waals surface area contributed by atoms with E-state index in [2.05, 4.69) is 4.98 Å². The third-order valence-electron chi connectivity index (χ3n) is 2.40. The lowest BCUT2D eigenvalue weighted by Crippen LogP contribution is -2.09. The maximum atomic E-state index is 11.8. The van der Waals surface area contributed by atoms with E-state index in [-0.39, 0.29) is 5.69 Å². The van der Waals surface area contributed by atoms with Crippen LogP contribution in [-0.2, 0) is 4.74 Å². The van der Waals surface area contributed by atoms with Gasteiger partial charge in [-0.15, -0.1) is 11.3 Å². The maximum Gasteiger partial charge on any atom is 0.363 e. The molecule has 0 radical (unpaired) electrons. The predicted octanol–water partition coefficient (Wildman–Crippen LogP) is 2.85. The number of carbonyl (C=O) groups excluding carboxylic acids is 2. The molecule has 0 bridgehead atoms. The number of esters is 2. The molecule has 1 aromatic heterocycles. The minimum Gasteiger partial charge on any atom is -0.462 e. The van der Waals surface area contributed by atoms with E-state index >= 15 is 0 Å². The van der Waals surface area contributed by atoms with Crippen molar-refractivity contribution in [2.45, 2.75) is 13.8 Å². The number of rotatable bonds is 4. The number of aryl methyl sites for hydroxylation is 1. The van der Waals surface area contributed by atoms with Crippen molar-refractivity contribution in [2.24, 2.45) is 0 Å². The van der Waals surface area contributed by atoms with Gasteiger partial charge in [0, 0.05) is 5.38 Å². The Morgan fingerprint density at radius 3 is 2.45 bits per heavy atom. The zero-order valence-electron chi connectivity index (χ0n) is 11.1. The molecule has 1 heterocycles. The van der Waals surface area contributed by atoms with Crippen LogP contribution in [0.25, 0.3) is 0 Å². The molecule has 6 heteroatoms. The molecule has 5 nitrogen and oxygen atoms in total. The Kier molecular flexibility index (Phi) is 4.47. The minimum atomic E-state index is -0.516. The fourth-order valence-electron chi connectivity index (χ4n) is 1.49. The number of thiazole rings is 1. The molecule has 0 saturated carbocycles. The Hall–Kier alpha value is -2.21. The number of ether oxygens (including phenoxy) is 2. The average molecular weight is 291 g/mol. The third kappa shape index (κ3) is 3.42. The van der Waals surface area contributed by atoms with Crippen molar-refractivity contribution in [1.82, 2.24) is 4.98 Å². The van der Waals surface area contributed by atoms with E-state index in [9.17, 15) is 9.59 Å². The van der Waals surface area contributed by atoms with Crippen LogP contribution in [0.1, 0.15) is 32.8 Å². The number of hydrogen-bond acceptors (Lipinski definition) is 6. The quantitative estimate of drug-likeness (QED) is 0.640. The fourth-order valence-corrected chi connectivity index (χ4v) is 2.07. The summed E-state index contributed by atoms with van der Waals surface area (Å²) in [6, 6.07) is 6.19. The van der Waals surface area contributed by atoms with Gasteiger partial charge in [0.05, 0.1) is 17.2 Å². The number of hydrogen-bond donors (Lipinski definition) is 0. The molecule has 0 unspecified atom stereocenters. The second-order valence-electron chi connectivity index (χ2n) is 3.89. The molecule has 2 rings (SSSR count). The summed E-state index contributed by atoms with van der Waals surface area (Å²) in [5.41, 5.74) is 0.693. The number of aromatic nitrogens is 1. The molecule has 0 atom stereocenters. The monoisotopic (exact) mass is 291 g/mol. The van der Waals surface area contributed by atoms with Crippen molar-refractivity contribution in [2.75, 3.05) is 6.61 Å². The summed E-state index contributed by atoms with van der Waals surface area (Å²) < 4.78 is 10.0. The van der Waals surface area contributed by atoms with Crippen LogP contribution in [0.2, 0.25) is 0 Å². The van der Waals surface area contributed by atoms with Crippen LogP contribution >= 0.6 is 11.3 Å². The summed E-state index contributed by atoms with van der Waals surface area (Å²) in [5.74, 6) is -0.563. The van der Waals surface area contributed by atoms with Gasteiger partial charge in [0.15, 0.2) is 5.69 Å². The van der Waals surface area contributed by atoms with Crippen LogP contribution in [0.3, 0.4) is 0 Å². The Balaban J connectivity index is 2.04. The van der Waals surface area contributed by atoms with Gasteiger partial charge in [-0.2, -0.15) is 0 Å². The highest BCUT2D eigenvalue weighted by molar-refractivity contribution is 7.09. The molecule has 20 heavy (non-hydrogen) atoms. The summed E-state index contributed by atoms with van der Waals surface area (Å²) in [6.07, 6.45) is 0. The first-order valence-electron chi connectivity index (χ1n) is 6.01. The Labute approximate surface area is 120 Å². The first-order chi connectivity index (χ1) is 9.60. The summed E-state index contributed by atoms with van der Waals surface area (Å²) >= 11 is 1.38. The molecule has 2 aromatic rings. The number of carbonyl (C=O) groups is 2. The van der Waals surface area contributed by atoms with Crippen LogP contribution in [0.15, 0.2) is 29.6 Å². The van der Waals surface area contributed by atoms with E-state index in [0.29, 0.717) is 17.9 Å². The Morgan fingerprint density at radius 1 is 1.20 bits per heavy atom. The summed E-state index contributed by atoms with van der Waals surface area (Å²) in [7, 11) is 0. The van der Waals surface area contributed by atoms with Crippen molar-refractivity contribution >= 4 is 23.3 Å². The summed E-state index contributed by atoms with van der Waals surface area (Å²) in [4.78, 5) is 27.3. The highest BCUT2D eigenvalue weighted by Gasteiger charge is 2.12. The van der Waals surface area contributed by atoms with Crippen molar-refractivity contribution in [1.29, 1.82) is 0 Å².